The molecular weight excluding hydrogens is 538 g/mol. The Morgan fingerprint density at radius 2 is 1.95 bits per heavy atom. The number of nitriles is 1. The van der Waals surface area contributed by atoms with E-state index in [9.17, 15) is 28.4 Å². The SMILES string of the molecule is Cn1cnc(S(=O)(=O)N(CC2CCN(C(=O)[O-])CC2)C2Cc3cc(C#N)cnc3N(Cc3cncn3C)C2=O)c1. The topological polar surface area (TPSA) is 173 Å². The number of imidazole rings is 2. The lowest BCUT2D eigenvalue weighted by atomic mass is 9.94. The average Bonchev–Trinajstić information content (AvgIpc) is 3.56. The minimum absolute atomic E-state index is 0.00352. The summed E-state index contributed by atoms with van der Waals surface area (Å²) >= 11 is 0. The number of hydrogen-bond acceptors (Lipinski definition) is 9. The Balaban J connectivity index is 1.55. The molecule has 3 aromatic rings. The molecule has 5 heterocycles. The predicted octanol–water partition coefficient (Wildman–Crippen LogP) is -0.376. The molecule has 1 unspecified atom stereocenters. The van der Waals surface area contributed by atoms with Gasteiger partial charge >= 0.3 is 0 Å². The highest BCUT2D eigenvalue weighted by Gasteiger charge is 2.44. The van der Waals surface area contributed by atoms with E-state index in [-0.39, 0.29) is 43.5 Å². The standard InChI is InChI=1S/C25H29N9O5S/c1-30-14-22(29-16-30)40(38,39)34(12-17-3-5-32(6-4-17)25(36)37)21-8-19-7-18(9-26)10-28-23(19)33(24(21)35)13-20-11-27-15-31(20)2/h7,10-11,14-17,21H,3-6,8,12-13H2,1-2H3,(H,36,37)/p-1. The van der Waals surface area contributed by atoms with E-state index in [1.165, 1.54) is 37.4 Å². The van der Waals surface area contributed by atoms with E-state index >= 15 is 0 Å². The van der Waals surface area contributed by atoms with Crippen LogP contribution < -0.4 is 10.0 Å². The van der Waals surface area contributed by atoms with Crippen molar-refractivity contribution in [2.24, 2.45) is 20.0 Å². The minimum Gasteiger partial charge on any atom is -0.530 e. The van der Waals surface area contributed by atoms with Gasteiger partial charge in [0.1, 0.15) is 24.0 Å². The molecule has 2 aliphatic heterocycles. The van der Waals surface area contributed by atoms with Gasteiger partial charge in [0.05, 0.1) is 30.5 Å². The van der Waals surface area contributed by atoms with Crippen molar-refractivity contribution in [1.82, 2.24) is 33.3 Å². The second kappa shape index (κ2) is 10.7. The third-order valence-corrected chi connectivity index (χ3v) is 9.20. The summed E-state index contributed by atoms with van der Waals surface area (Å²) in [6.45, 7) is 0.525. The molecule has 0 bridgehead atoms. The van der Waals surface area contributed by atoms with Crippen LogP contribution in [0.5, 0.6) is 0 Å². The van der Waals surface area contributed by atoms with Crippen molar-refractivity contribution in [2.45, 2.75) is 36.9 Å². The number of carbonyl (C=O) groups is 2. The van der Waals surface area contributed by atoms with Gasteiger partial charge in [-0.3, -0.25) is 9.69 Å². The average molecular weight is 567 g/mol. The van der Waals surface area contributed by atoms with Crippen LogP contribution in [-0.2, 0) is 41.9 Å². The van der Waals surface area contributed by atoms with Crippen LogP contribution in [0.3, 0.4) is 0 Å². The Morgan fingerprint density at radius 1 is 1.20 bits per heavy atom. The largest absolute Gasteiger partial charge is 0.530 e. The fraction of sp³-hybridized carbons (Fsp3) is 0.440. The zero-order valence-corrected chi connectivity index (χ0v) is 22.9. The summed E-state index contributed by atoms with van der Waals surface area (Å²) < 4.78 is 32.5. The molecule has 0 radical (unpaired) electrons. The number of likely N-dealkylation sites (tertiary alicyclic amines) is 1. The summed E-state index contributed by atoms with van der Waals surface area (Å²) in [7, 11) is -0.804. The Morgan fingerprint density at radius 3 is 2.55 bits per heavy atom. The Bertz CT molecular complexity index is 1580. The molecule has 2 amide bonds. The van der Waals surface area contributed by atoms with Crippen LogP contribution in [0.1, 0.15) is 29.7 Å². The van der Waals surface area contributed by atoms with E-state index in [2.05, 4.69) is 21.0 Å². The molecule has 40 heavy (non-hydrogen) atoms. The lowest BCUT2D eigenvalue weighted by molar-refractivity contribution is -0.266. The number of aryl methyl sites for hydroxylation is 2. The van der Waals surface area contributed by atoms with Crippen molar-refractivity contribution in [3.8, 4) is 6.07 Å². The highest BCUT2D eigenvalue weighted by atomic mass is 32.2. The van der Waals surface area contributed by atoms with E-state index in [1.807, 2.05) is 0 Å². The molecule has 1 fully saturated rings. The Kier molecular flexibility index (Phi) is 7.30. The van der Waals surface area contributed by atoms with E-state index in [4.69, 9.17) is 0 Å². The Labute approximate surface area is 231 Å². The van der Waals surface area contributed by atoms with Gasteiger partial charge in [-0.05, 0) is 30.4 Å². The smallest absolute Gasteiger partial charge is 0.262 e. The molecule has 0 spiro atoms. The molecule has 0 aliphatic carbocycles. The zero-order valence-electron chi connectivity index (χ0n) is 22.0. The lowest BCUT2D eigenvalue weighted by Crippen LogP contribution is -2.56. The lowest BCUT2D eigenvalue weighted by Gasteiger charge is -2.40. The van der Waals surface area contributed by atoms with Crippen LogP contribution in [-0.4, -0.2) is 79.4 Å². The number of sulfonamides is 1. The third-order valence-electron chi connectivity index (χ3n) is 7.44. The number of carbonyl (C=O) groups excluding carboxylic acids is 2. The minimum atomic E-state index is -4.25. The molecule has 1 atom stereocenters. The van der Waals surface area contributed by atoms with Gasteiger partial charge in [0, 0.05) is 58.7 Å². The summed E-state index contributed by atoms with van der Waals surface area (Å²) in [6, 6.07) is 2.55. The van der Waals surface area contributed by atoms with Crippen molar-refractivity contribution in [3.63, 3.8) is 0 Å². The number of aromatic nitrogens is 5. The first-order chi connectivity index (χ1) is 19.1. The normalized spacial score (nSPS) is 18.1. The molecule has 210 valence electrons. The molecule has 15 heteroatoms. The van der Waals surface area contributed by atoms with Gasteiger partial charge < -0.3 is 23.9 Å². The maximum atomic E-state index is 14.2. The van der Waals surface area contributed by atoms with Crippen LogP contribution in [0.15, 0.2) is 42.3 Å². The van der Waals surface area contributed by atoms with Crippen molar-refractivity contribution in [1.29, 1.82) is 5.26 Å². The quantitative estimate of drug-likeness (QED) is 0.369. The van der Waals surface area contributed by atoms with Gasteiger partial charge in [-0.25, -0.2) is 23.4 Å². The molecule has 14 nitrogen and oxygen atoms in total. The van der Waals surface area contributed by atoms with Gasteiger partial charge in [0.25, 0.3) is 10.0 Å². The zero-order chi connectivity index (χ0) is 28.6. The summed E-state index contributed by atoms with van der Waals surface area (Å²) in [5, 5.41) is 20.6. The predicted molar refractivity (Wildman–Crippen MR) is 138 cm³/mol. The number of fused-ring (bicyclic) bond motifs is 1. The monoisotopic (exact) mass is 566 g/mol. The maximum Gasteiger partial charge on any atom is 0.262 e. The molecule has 1 saturated heterocycles. The van der Waals surface area contributed by atoms with Gasteiger partial charge in [-0.1, -0.05) is 0 Å². The van der Waals surface area contributed by atoms with E-state index in [0.717, 1.165) is 0 Å². The first kappa shape index (κ1) is 27.3. The van der Waals surface area contributed by atoms with E-state index < -0.39 is 28.1 Å². The molecule has 0 N–H and O–H groups in total. The second-order valence-electron chi connectivity index (χ2n) is 10.1. The number of hydrogen-bond donors (Lipinski definition) is 0. The highest BCUT2D eigenvalue weighted by Crippen LogP contribution is 2.33. The van der Waals surface area contributed by atoms with Crippen LogP contribution >= 0.6 is 0 Å². The molecule has 3 aromatic heterocycles. The maximum absolute atomic E-state index is 14.2. The third kappa shape index (κ3) is 5.15. The molecule has 2 aliphatic rings. The molecule has 0 aromatic carbocycles. The summed E-state index contributed by atoms with van der Waals surface area (Å²) in [5.74, 6) is -0.297. The fourth-order valence-electron chi connectivity index (χ4n) is 5.20. The number of rotatable bonds is 7. The van der Waals surface area contributed by atoms with Crippen molar-refractivity contribution >= 4 is 27.8 Å². The number of nitrogens with zero attached hydrogens (tertiary/aromatic N) is 9. The number of anilines is 1. The molecule has 5 rings (SSSR count). The summed E-state index contributed by atoms with van der Waals surface area (Å²) in [6.07, 6.45) is 6.95. The highest BCUT2D eigenvalue weighted by molar-refractivity contribution is 7.89. The Hall–Kier alpha value is -4.29. The van der Waals surface area contributed by atoms with Gasteiger partial charge in [-0.2, -0.15) is 9.57 Å². The van der Waals surface area contributed by atoms with Crippen molar-refractivity contribution < 1.29 is 23.1 Å². The molecular formula is C25H28N9O5S-. The van der Waals surface area contributed by atoms with Crippen LogP contribution in [0.4, 0.5) is 10.6 Å². The first-order valence-electron chi connectivity index (χ1n) is 12.7. The van der Waals surface area contributed by atoms with Crippen molar-refractivity contribution in [2.75, 3.05) is 24.5 Å². The number of carboxylic acid groups (broad SMARTS) is 1. The van der Waals surface area contributed by atoms with Gasteiger partial charge in [-0.15, -0.1) is 0 Å². The first-order valence-corrected chi connectivity index (χ1v) is 14.1. The number of amides is 2. The van der Waals surface area contributed by atoms with Crippen molar-refractivity contribution in [3.05, 3.63) is 54.1 Å². The summed E-state index contributed by atoms with van der Waals surface area (Å²) in [5.41, 5.74) is 1.57. The van der Waals surface area contributed by atoms with Gasteiger partial charge in [0.2, 0.25) is 5.91 Å². The van der Waals surface area contributed by atoms with Crippen LogP contribution in [0.2, 0.25) is 0 Å². The summed E-state index contributed by atoms with van der Waals surface area (Å²) in [4.78, 5) is 40.7. The fourth-order valence-corrected chi connectivity index (χ4v) is 6.83. The van der Waals surface area contributed by atoms with E-state index in [1.54, 1.807) is 37.3 Å². The van der Waals surface area contributed by atoms with Crippen LogP contribution in [0, 0.1) is 17.2 Å². The number of pyridine rings is 1. The number of piperidine rings is 1. The molecule has 0 saturated carbocycles. The van der Waals surface area contributed by atoms with E-state index in [0.29, 0.717) is 35.5 Å². The second-order valence-corrected chi connectivity index (χ2v) is 11.9. The van der Waals surface area contributed by atoms with Crippen LogP contribution in [0.25, 0.3) is 0 Å². The van der Waals surface area contributed by atoms with Gasteiger partial charge in [0.15, 0.2) is 5.03 Å².